The molecule has 21 heavy (non-hydrogen) atoms. The summed E-state index contributed by atoms with van der Waals surface area (Å²) in [6, 6.07) is 10.2. The maximum absolute atomic E-state index is 6.03. The van der Waals surface area contributed by atoms with Crippen LogP contribution in [0.3, 0.4) is 0 Å². The van der Waals surface area contributed by atoms with Crippen molar-refractivity contribution in [1.82, 2.24) is 4.90 Å². The number of fused-ring (bicyclic) bond motifs is 1. The van der Waals surface area contributed by atoms with E-state index in [1.165, 1.54) is 56.3 Å². The highest BCUT2D eigenvalue weighted by Crippen LogP contribution is 2.31. The van der Waals surface area contributed by atoms with Crippen molar-refractivity contribution < 1.29 is 0 Å². The van der Waals surface area contributed by atoms with Crippen molar-refractivity contribution in [3.8, 4) is 0 Å². The Morgan fingerprint density at radius 3 is 2.81 bits per heavy atom. The fourth-order valence-electron chi connectivity index (χ4n) is 4.02. The van der Waals surface area contributed by atoms with Crippen molar-refractivity contribution >= 4 is 5.69 Å². The lowest BCUT2D eigenvalue weighted by atomic mass is 9.94. The molecule has 0 aromatic heterocycles. The van der Waals surface area contributed by atoms with E-state index < -0.39 is 0 Å². The molecule has 3 nitrogen and oxygen atoms in total. The van der Waals surface area contributed by atoms with Crippen LogP contribution in [0, 0.1) is 0 Å². The monoisotopic (exact) mass is 287 g/mol. The molecule has 1 fully saturated rings. The van der Waals surface area contributed by atoms with E-state index in [0.717, 1.165) is 19.1 Å². The molecule has 1 aromatic carbocycles. The van der Waals surface area contributed by atoms with Gasteiger partial charge in [0.1, 0.15) is 0 Å². The van der Waals surface area contributed by atoms with Crippen LogP contribution in [0.1, 0.15) is 37.7 Å². The molecule has 0 aliphatic carbocycles. The molecule has 116 valence electrons. The molecule has 2 aliphatic rings. The average Bonchev–Trinajstić information content (AvgIpc) is 2.53. The van der Waals surface area contributed by atoms with Crippen molar-refractivity contribution in [1.29, 1.82) is 0 Å². The Balaban J connectivity index is 1.70. The Hall–Kier alpha value is -1.06. The van der Waals surface area contributed by atoms with Crippen LogP contribution >= 0.6 is 0 Å². The fraction of sp³-hybridized carbons (Fsp3) is 0.667. The summed E-state index contributed by atoms with van der Waals surface area (Å²) >= 11 is 0. The van der Waals surface area contributed by atoms with Gasteiger partial charge in [-0.25, -0.2) is 0 Å². The topological polar surface area (TPSA) is 32.5 Å². The van der Waals surface area contributed by atoms with Gasteiger partial charge in [-0.3, -0.25) is 0 Å². The largest absolute Gasteiger partial charge is 0.367 e. The van der Waals surface area contributed by atoms with Crippen LogP contribution in [-0.2, 0) is 6.42 Å². The molecule has 2 atom stereocenters. The van der Waals surface area contributed by atoms with E-state index in [1.807, 2.05) is 0 Å². The first kappa shape index (κ1) is 14.9. The number of para-hydroxylation sites is 1. The van der Waals surface area contributed by atoms with Gasteiger partial charge in [-0.15, -0.1) is 0 Å². The zero-order valence-corrected chi connectivity index (χ0v) is 13.3. The van der Waals surface area contributed by atoms with E-state index in [-0.39, 0.29) is 0 Å². The molecule has 3 rings (SSSR count). The second-order valence-electron chi connectivity index (χ2n) is 6.67. The third-order valence-electron chi connectivity index (χ3n) is 5.39. The summed E-state index contributed by atoms with van der Waals surface area (Å²) in [5.74, 6) is 0. The van der Waals surface area contributed by atoms with E-state index >= 15 is 0 Å². The van der Waals surface area contributed by atoms with Crippen LogP contribution in [0.25, 0.3) is 0 Å². The molecule has 0 spiro atoms. The minimum Gasteiger partial charge on any atom is -0.367 e. The molecule has 0 bridgehead atoms. The SMILES string of the molecule is CN1CCCCC1CCN1c2ccccc2CCC1CN. The molecular weight excluding hydrogens is 258 g/mol. The predicted molar refractivity (Wildman–Crippen MR) is 89.8 cm³/mol. The molecule has 0 amide bonds. The van der Waals surface area contributed by atoms with Gasteiger partial charge in [0.2, 0.25) is 0 Å². The van der Waals surface area contributed by atoms with Crippen LogP contribution in [0.4, 0.5) is 5.69 Å². The lowest BCUT2D eigenvalue weighted by Gasteiger charge is -2.41. The summed E-state index contributed by atoms with van der Waals surface area (Å²) < 4.78 is 0. The van der Waals surface area contributed by atoms with Gasteiger partial charge in [0.05, 0.1) is 0 Å². The Kier molecular flexibility index (Phi) is 4.81. The van der Waals surface area contributed by atoms with Crippen LogP contribution < -0.4 is 10.6 Å². The van der Waals surface area contributed by atoms with Gasteiger partial charge in [0.25, 0.3) is 0 Å². The lowest BCUT2D eigenvalue weighted by Crippen LogP contribution is -2.46. The van der Waals surface area contributed by atoms with E-state index in [0.29, 0.717) is 6.04 Å². The van der Waals surface area contributed by atoms with E-state index in [9.17, 15) is 0 Å². The molecular formula is C18H29N3. The highest BCUT2D eigenvalue weighted by Gasteiger charge is 2.26. The number of likely N-dealkylation sites (tertiary alicyclic amines) is 1. The van der Waals surface area contributed by atoms with Gasteiger partial charge in [-0.1, -0.05) is 24.6 Å². The number of rotatable bonds is 4. The normalized spacial score (nSPS) is 26.7. The van der Waals surface area contributed by atoms with Gasteiger partial charge in [-0.2, -0.15) is 0 Å². The first-order chi connectivity index (χ1) is 10.3. The highest BCUT2D eigenvalue weighted by atomic mass is 15.2. The molecule has 2 N–H and O–H groups in total. The summed E-state index contributed by atoms with van der Waals surface area (Å²) in [5.41, 5.74) is 8.96. The maximum Gasteiger partial charge on any atom is 0.0415 e. The quantitative estimate of drug-likeness (QED) is 0.924. The minimum absolute atomic E-state index is 0.522. The standard InChI is InChI=1S/C18H29N3/c1-20-12-5-4-7-16(20)11-13-21-17(14-19)10-9-15-6-2-3-8-18(15)21/h2-3,6,8,16-17H,4-5,7,9-14,19H2,1H3. The summed E-state index contributed by atoms with van der Waals surface area (Å²) in [7, 11) is 2.29. The van der Waals surface area contributed by atoms with Crippen LogP contribution in [-0.4, -0.2) is 43.7 Å². The number of nitrogens with zero attached hydrogens (tertiary/aromatic N) is 2. The number of piperidine rings is 1. The third-order valence-corrected chi connectivity index (χ3v) is 5.39. The molecule has 0 radical (unpaired) electrons. The summed E-state index contributed by atoms with van der Waals surface area (Å²) in [5, 5.41) is 0. The third kappa shape index (κ3) is 3.24. The number of hydrogen-bond donors (Lipinski definition) is 1. The van der Waals surface area contributed by atoms with Crippen molar-refractivity contribution in [2.24, 2.45) is 5.73 Å². The number of benzene rings is 1. The summed E-state index contributed by atoms with van der Waals surface area (Å²) in [4.78, 5) is 5.14. The van der Waals surface area contributed by atoms with Crippen LogP contribution in [0.5, 0.6) is 0 Å². The molecule has 3 heteroatoms. The average molecular weight is 287 g/mol. The maximum atomic E-state index is 6.03. The van der Waals surface area contributed by atoms with E-state index in [2.05, 4.69) is 41.1 Å². The molecule has 1 aromatic rings. The molecule has 2 heterocycles. The van der Waals surface area contributed by atoms with Crippen molar-refractivity contribution in [3.05, 3.63) is 29.8 Å². The van der Waals surface area contributed by atoms with Gasteiger partial charge < -0.3 is 15.5 Å². The molecule has 1 saturated heterocycles. The number of hydrogen-bond acceptors (Lipinski definition) is 3. The Labute approximate surface area is 129 Å². The Morgan fingerprint density at radius 2 is 2.00 bits per heavy atom. The smallest absolute Gasteiger partial charge is 0.0415 e. The highest BCUT2D eigenvalue weighted by molar-refractivity contribution is 5.56. The first-order valence-corrected chi connectivity index (χ1v) is 8.54. The zero-order valence-electron chi connectivity index (χ0n) is 13.3. The number of nitrogens with two attached hydrogens (primary N) is 1. The summed E-state index contributed by atoms with van der Waals surface area (Å²) in [6.45, 7) is 3.18. The second kappa shape index (κ2) is 6.80. The summed E-state index contributed by atoms with van der Waals surface area (Å²) in [6.07, 6.45) is 7.77. The lowest BCUT2D eigenvalue weighted by molar-refractivity contribution is 0.176. The van der Waals surface area contributed by atoms with Gasteiger partial charge >= 0.3 is 0 Å². The van der Waals surface area contributed by atoms with Gasteiger partial charge in [0, 0.05) is 30.9 Å². The zero-order chi connectivity index (χ0) is 14.7. The van der Waals surface area contributed by atoms with E-state index in [4.69, 9.17) is 5.73 Å². The van der Waals surface area contributed by atoms with Crippen LogP contribution in [0.2, 0.25) is 0 Å². The second-order valence-corrected chi connectivity index (χ2v) is 6.67. The fourth-order valence-corrected chi connectivity index (χ4v) is 4.02. The predicted octanol–water partition coefficient (Wildman–Crippen LogP) is 2.64. The van der Waals surface area contributed by atoms with Gasteiger partial charge in [0.15, 0.2) is 0 Å². The van der Waals surface area contributed by atoms with Crippen molar-refractivity contribution in [2.75, 3.05) is 31.6 Å². The molecule has 0 saturated carbocycles. The first-order valence-electron chi connectivity index (χ1n) is 8.54. The van der Waals surface area contributed by atoms with Crippen molar-refractivity contribution in [2.45, 2.75) is 50.6 Å². The van der Waals surface area contributed by atoms with Crippen LogP contribution in [0.15, 0.2) is 24.3 Å². The molecule has 2 unspecified atom stereocenters. The van der Waals surface area contributed by atoms with E-state index in [1.54, 1.807) is 0 Å². The van der Waals surface area contributed by atoms with Gasteiger partial charge in [-0.05, 0) is 57.3 Å². The van der Waals surface area contributed by atoms with Crippen molar-refractivity contribution in [3.63, 3.8) is 0 Å². The number of anilines is 1. The number of aryl methyl sites for hydroxylation is 1. The minimum atomic E-state index is 0.522. The Bertz CT molecular complexity index is 460. The Morgan fingerprint density at radius 1 is 1.14 bits per heavy atom. The molecule has 2 aliphatic heterocycles.